The van der Waals surface area contributed by atoms with Gasteiger partial charge in [0.05, 0.1) is 6.26 Å². The van der Waals surface area contributed by atoms with Crippen LogP contribution in [0.2, 0.25) is 5.22 Å². The SMILES string of the molecule is CC#CCC(N)c1ccoc1Cl. The molecule has 0 radical (unpaired) electrons. The quantitative estimate of drug-likeness (QED) is 0.715. The molecule has 2 N–H and O–H groups in total. The van der Waals surface area contributed by atoms with Crippen LogP contribution in [-0.2, 0) is 0 Å². The Hall–Kier alpha value is -0.910. The largest absolute Gasteiger partial charge is 0.453 e. The molecule has 0 amide bonds. The molecule has 0 aliphatic heterocycles. The Labute approximate surface area is 76.7 Å². The predicted molar refractivity (Wildman–Crippen MR) is 48.7 cm³/mol. The molecule has 0 aliphatic rings. The average molecular weight is 184 g/mol. The maximum atomic E-state index is 5.78. The third-order valence-electron chi connectivity index (χ3n) is 1.54. The van der Waals surface area contributed by atoms with Crippen LogP contribution in [0.5, 0.6) is 0 Å². The van der Waals surface area contributed by atoms with Crippen LogP contribution in [0.4, 0.5) is 0 Å². The van der Waals surface area contributed by atoms with E-state index in [9.17, 15) is 0 Å². The monoisotopic (exact) mass is 183 g/mol. The van der Waals surface area contributed by atoms with E-state index in [1.165, 1.54) is 6.26 Å². The highest BCUT2D eigenvalue weighted by Gasteiger charge is 2.10. The van der Waals surface area contributed by atoms with Crippen LogP contribution in [0, 0.1) is 11.8 Å². The lowest BCUT2D eigenvalue weighted by molar-refractivity contribution is 0.561. The van der Waals surface area contributed by atoms with Gasteiger partial charge in [0.25, 0.3) is 0 Å². The molecule has 64 valence electrons. The summed E-state index contributed by atoms with van der Waals surface area (Å²) in [7, 11) is 0. The molecule has 1 aromatic heterocycles. The van der Waals surface area contributed by atoms with Gasteiger partial charge >= 0.3 is 0 Å². The standard InChI is InChI=1S/C9H10ClNO/c1-2-3-4-8(11)7-5-6-12-9(7)10/h5-6,8H,4,11H2,1H3. The number of hydrogen-bond donors (Lipinski definition) is 1. The number of halogens is 1. The normalized spacial score (nSPS) is 11.9. The first-order valence-corrected chi connectivity index (χ1v) is 4.01. The maximum Gasteiger partial charge on any atom is 0.197 e. The molecule has 12 heavy (non-hydrogen) atoms. The summed E-state index contributed by atoms with van der Waals surface area (Å²) in [5.41, 5.74) is 6.60. The summed E-state index contributed by atoms with van der Waals surface area (Å²) in [5, 5.41) is 0.361. The Bertz CT molecular complexity index is 308. The fourth-order valence-corrected chi connectivity index (χ4v) is 1.15. The second-order valence-electron chi connectivity index (χ2n) is 2.39. The Kier molecular flexibility index (Phi) is 3.21. The minimum Gasteiger partial charge on any atom is -0.453 e. The van der Waals surface area contributed by atoms with Gasteiger partial charge in [-0.3, -0.25) is 0 Å². The molecule has 1 rings (SSSR count). The van der Waals surface area contributed by atoms with Crippen LogP contribution in [0.15, 0.2) is 16.7 Å². The van der Waals surface area contributed by atoms with Gasteiger partial charge in [0.15, 0.2) is 5.22 Å². The molecule has 0 saturated carbocycles. The molecule has 1 aromatic rings. The lowest BCUT2D eigenvalue weighted by atomic mass is 10.1. The molecule has 1 heterocycles. The van der Waals surface area contributed by atoms with Gasteiger partial charge in [-0.1, -0.05) is 0 Å². The fraction of sp³-hybridized carbons (Fsp3) is 0.333. The summed E-state index contributed by atoms with van der Waals surface area (Å²) in [5.74, 6) is 5.66. The summed E-state index contributed by atoms with van der Waals surface area (Å²) in [4.78, 5) is 0. The molecule has 0 bridgehead atoms. The van der Waals surface area contributed by atoms with Crippen molar-refractivity contribution in [2.45, 2.75) is 19.4 Å². The summed E-state index contributed by atoms with van der Waals surface area (Å²) in [6.45, 7) is 1.78. The molecule has 0 aromatic carbocycles. The van der Waals surface area contributed by atoms with Crippen LogP contribution in [0.3, 0.4) is 0 Å². The maximum absolute atomic E-state index is 5.78. The van der Waals surface area contributed by atoms with Crippen LogP contribution >= 0.6 is 11.6 Å². The first-order valence-electron chi connectivity index (χ1n) is 3.63. The Morgan fingerprint density at radius 3 is 3.00 bits per heavy atom. The van der Waals surface area contributed by atoms with Gasteiger partial charge in [-0.2, -0.15) is 0 Å². The van der Waals surface area contributed by atoms with Crippen molar-refractivity contribution >= 4 is 11.6 Å². The molecule has 0 aliphatic carbocycles. The summed E-state index contributed by atoms with van der Waals surface area (Å²) < 4.78 is 4.90. The van der Waals surface area contributed by atoms with Crippen LogP contribution < -0.4 is 5.73 Å². The minimum atomic E-state index is -0.149. The van der Waals surface area contributed by atoms with E-state index in [1.807, 2.05) is 0 Å². The molecule has 2 nitrogen and oxygen atoms in total. The highest BCUT2D eigenvalue weighted by atomic mass is 35.5. The molecule has 1 atom stereocenters. The van der Waals surface area contributed by atoms with E-state index >= 15 is 0 Å². The van der Waals surface area contributed by atoms with Gasteiger partial charge in [-0.05, 0) is 24.6 Å². The van der Waals surface area contributed by atoms with Gasteiger partial charge in [0, 0.05) is 18.0 Å². The molecule has 1 unspecified atom stereocenters. The van der Waals surface area contributed by atoms with Crippen molar-refractivity contribution < 1.29 is 4.42 Å². The van der Waals surface area contributed by atoms with Gasteiger partial charge in [0.2, 0.25) is 0 Å². The lowest BCUT2D eigenvalue weighted by Crippen LogP contribution is -2.08. The summed E-state index contributed by atoms with van der Waals surface area (Å²) in [6, 6.07) is 1.62. The number of furan rings is 1. The van der Waals surface area contributed by atoms with Crippen molar-refractivity contribution in [3.05, 3.63) is 23.1 Å². The molecule has 0 spiro atoms. The smallest absolute Gasteiger partial charge is 0.197 e. The van der Waals surface area contributed by atoms with Crippen molar-refractivity contribution in [1.82, 2.24) is 0 Å². The zero-order chi connectivity index (χ0) is 8.97. The second-order valence-corrected chi connectivity index (χ2v) is 2.73. The van der Waals surface area contributed by atoms with E-state index in [0.717, 1.165) is 5.56 Å². The summed E-state index contributed by atoms with van der Waals surface area (Å²) in [6.07, 6.45) is 2.13. The fourth-order valence-electron chi connectivity index (χ4n) is 0.892. The number of rotatable bonds is 2. The second kappa shape index (κ2) is 4.20. The van der Waals surface area contributed by atoms with E-state index in [-0.39, 0.29) is 6.04 Å². The topological polar surface area (TPSA) is 39.2 Å². The van der Waals surface area contributed by atoms with E-state index < -0.39 is 0 Å². The van der Waals surface area contributed by atoms with Crippen molar-refractivity contribution in [2.75, 3.05) is 0 Å². The first kappa shape index (κ1) is 9.18. The third-order valence-corrected chi connectivity index (χ3v) is 1.85. The molecular weight excluding hydrogens is 174 g/mol. The van der Waals surface area contributed by atoms with Gasteiger partial charge < -0.3 is 10.2 Å². The first-order chi connectivity index (χ1) is 5.75. The van der Waals surface area contributed by atoms with Crippen LogP contribution in [0.25, 0.3) is 0 Å². The molecular formula is C9H10ClNO. The highest BCUT2D eigenvalue weighted by Crippen LogP contribution is 2.23. The highest BCUT2D eigenvalue weighted by molar-refractivity contribution is 6.29. The number of hydrogen-bond acceptors (Lipinski definition) is 2. The van der Waals surface area contributed by atoms with Gasteiger partial charge in [0.1, 0.15) is 0 Å². The van der Waals surface area contributed by atoms with E-state index in [4.69, 9.17) is 21.8 Å². The molecule has 0 saturated heterocycles. The Balaban J connectivity index is 2.68. The van der Waals surface area contributed by atoms with E-state index in [0.29, 0.717) is 11.6 Å². The number of nitrogens with two attached hydrogens (primary N) is 1. The minimum absolute atomic E-state index is 0.149. The van der Waals surface area contributed by atoms with Gasteiger partial charge in [-0.25, -0.2) is 0 Å². The van der Waals surface area contributed by atoms with Gasteiger partial charge in [-0.15, -0.1) is 11.8 Å². The zero-order valence-corrected chi connectivity index (χ0v) is 7.56. The average Bonchev–Trinajstić information content (AvgIpc) is 2.47. The van der Waals surface area contributed by atoms with Crippen LogP contribution in [-0.4, -0.2) is 0 Å². The van der Waals surface area contributed by atoms with Crippen molar-refractivity contribution in [2.24, 2.45) is 5.73 Å². The van der Waals surface area contributed by atoms with E-state index in [2.05, 4.69) is 11.8 Å². The van der Waals surface area contributed by atoms with Crippen molar-refractivity contribution in [1.29, 1.82) is 0 Å². The Morgan fingerprint density at radius 2 is 2.50 bits per heavy atom. The molecule has 3 heteroatoms. The lowest BCUT2D eigenvalue weighted by Gasteiger charge is -2.03. The van der Waals surface area contributed by atoms with Crippen molar-refractivity contribution in [3.63, 3.8) is 0 Å². The zero-order valence-electron chi connectivity index (χ0n) is 6.80. The van der Waals surface area contributed by atoms with Crippen molar-refractivity contribution in [3.8, 4) is 11.8 Å². The van der Waals surface area contributed by atoms with E-state index in [1.54, 1.807) is 13.0 Å². The third kappa shape index (κ3) is 2.04. The summed E-state index contributed by atoms with van der Waals surface area (Å²) >= 11 is 5.72. The predicted octanol–water partition coefficient (Wildman–Crippen LogP) is 2.35. The Morgan fingerprint density at radius 1 is 1.75 bits per heavy atom. The van der Waals surface area contributed by atoms with Crippen LogP contribution in [0.1, 0.15) is 24.9 Å². The molecule has 0 fully saturated rings.